The van der Waals surface area contributed by atoms with Crippen LogP contribution in [0.2, 0.25) is 0 Å². The van der Waals surface area contributed by atoms with Crippen molar-refractivity contribution in [1.29, 1.82) is 0 Å². The van der Waals surface area contributed by atoms with Crippen molar-refractivity contribution in [3.63, 3.8) is 0 Å². The summed E-state index contributed by atoms with van der Waals surface area (Å²) < 4.78 is 13.3. The molecule has 12 atom stereocenters. The summed E-state index contributed by atoms with van der Waals surface area (Å²) in [4.78, 5) is 0. The minimum Gasteiger partial charge on any atom is -0.396 e. The first-order valence-corrected chi connectivity index (χ1v) is 13.4. The molecule has 2 aliphatic heterocycles. The zero-order chi connectivity index (χ0) is 21.6. The molecule has 2 saturated heterocycles. The summed E-state index contributed by atoms with van der Waals surface area (Å²) in [7, 11) is 0. The van der Waals surface area contributed by atoms with Gasteiger partial charge in [0.2, 0.25) is 0 Å². The lowest BCUT2D eigenvalue weighted by Crippen LogP contribution is -2.55. The summed E-state index contributed by atoms with van der Waals surface area (Å²) in [5.41, 5.74) is 0.823. The molecule has 2 N–H and O–H groups in total. The van der Waals surface area contributed by atoms with Crippen molar-refractivity contribution in [3.8, 4) is 0 Å². The maximum absolute atomic E-state index is 10.3. The molecule has 4 nitrogen and oxygen atoms in total. The Morgan fingerprint density at radius 3 is 2.45 bits per heavy atom. The molecule has 6 fully saturated rings. The van der Waals surface area contributed by atoms with E-state index in [1.54, 1.807) is 0 Å². The molecule has 0 aromatic rings. The lowest BCUT2D eigenvalue weighted by molar-refractivity contribution is -0.275. The van der Waals surface area contributed by atoms with Crippen molar-refractivity contribution in [1.82, 2.24) is 0 Å². The van der Waals surface area contributed by atoms with Crippen molar-refractivity contribution >= 4 is 0 Å². The van der Waals surface area contributed by atoms with E-state index in [0.717, 1.165) is 49.4 Å². The Kier molecular flexibility index (Phi) is 4.94. The van der Waals surface area contributed by atoms with Gasteiger partial charge in [0, 0.05) is 24.9 Å². The number of rotatable bonds is 1. The van der Waals surface area contributed by atoms with Gasteiger partial charge in [-0.05, 0) is 98.2 Å². The van der Waals surface area contributed by atoms with E-state index in [0.29, 0.717) is 35.4 Å². The van der Waals surface area contributed by atoms with Gasteiger partial charge in [-0.15, -0.1) is 0 Å². The summed E-state index contributed by atoms with van der Waals surface area (Å²) in [5, 5.41) is 19.8. The van der Waals surface area contributed by atoms with Crippen molar-refractivity contribution in [2.75, 3.05) is 13.2 Å². The first-order chi connectivity index (χ1) is 14.8. The average Bonchev–Trinajstić information content (AvgIpc) is 3.20. The molecule has 0 aromatic heterocycles. The van der Waals surface area contributed by atoms with Gasteiger partial charge in [-0.25, -0.2) is 0 Å². The number of hydrogen-bond donors (Lipinski definition) is 2. The van der Waals surface area contributed by atoms with Gasteiger partial charge in [0.05, 0.1) is 18.8 Å². The van der Waals surface area contributed by atoms with Crippen LogP contribution >= 0.6 is 0 Å². The summed E-state index contributed by atoms with van der Waals surface area (Å²) in [5.74, 6) is 4.16. The van der Waals surface area contributed by atoms with Crippen LogP contribution in [0, 0.1) is 52.3 Å². The Balaban J connectivity index is 1.24. The number of ether oxygens (including phenoxy) is 2. The van der Waals surface area contributed by atoms with E-state index in [-0.39, 0.29) is 18.6 Å². The molecule has 4 aliphatic carbocycles. The molecular formula is C27H44O4. The summed E-state index contributed by atoms with van der Waals surface area (Å²) in [6, 6.07) is 0. The number of hydrogen-bond acceptors (Lipinski definition) is 4. The van der Waals surface area contributed by atoms with E-state index in [9.17, 15) is 10.2 Å². The maximum atomic E-state index is 10.3. The van der Waals surface area contributed by atoms with E-state index < -0.39 is 5.79 Å². The number of aliphatic hydroxyl groups is 2. The van der Waals surface area contributed by atoms with Crippen molar-refractivity contribution < 1.29 is 19.7 Å². The molecule has 31 heavy (non-hydrogen) atoms. The van der Waals surface area contributed by atoms with E-state index in [1.165, 1.54) is 38.5 Å². The van der Waals surface area contributed by atoms with Crippen LogP contribution in [0.15, 0.2) is 0 Å². The van der Waals surface area contributed by atoms with E-state index in [1.807, 2.05) is 0 Å². The third-order valence-corrected chi connectivity index (χ3v) is 12.0. The molecule has 0 bridgehead atoms. The SMILES string of the molecule is C[C@H]1[C@H]2[C@H](C[C@@H]3[C@@H]4CC[C@H]5C[C@@H](O)CC[C@]5(C)[C@H]4CC[C@]23C)O[C@]12CC[C@@H](CO)CO2. The lowest BCUT2D eigenvalue weighted by Gasteiger charge is -2.61. The molecule has 176 valence electrons. The van der Waals surface area contributed by atoms with Gasteiger partial charge < -0.3 is 19.7 Å². The number of aliphatic hydroxyl groups excluding tert-OH is 2. The van der Waals surface area contributed by atoms with E-state index >= 15 is 0 Å². The Labute approximate surface area is 188 Å². The fraction of sp³-hybridized carbons (Fsp3) is 1.00. The van der Waals surface area contributed by atoms with Crippen LogP contribution in [0.5, 0.6) is 0 Å². The molecule has 1 spiro atoms. The van der Waals surface area contributed by atoms with Crippen LogP contribution in [0.4, 0.5) is 0 Å². The van der Waals surface area contributed by atoms with Crippen molar-refractivity contribution in [2.24, 2.45) is 52.3 Å². The standard InChI is InChI=1S/C27H44O4/c1-16-24-23(31-27(16)11-6-17(14-28)15-30-27)13-22-20-5-4-18-12-19(29)7-9-25(18,2)21(20)8-10-26(22,24)3/h16-24,28-29H,4-15H2,1-3H3/t16-,17-,18-,19-,20+,21-,22+,23-,24-,25-,26-,27+/m0/s1. The molecule has 2 heterocycles. The Hall–Kier alpha value is -0.160. The molecule has 0 unspecified atom stereocenters. The third-order valence-electron chi connectivity index (χ3n) is 12.0. The van der Waals surface area contributed by atoms with Gasteiger partial charge >= 0.3 is 0 Å². The normalized spacial score (nSPS) is 60.9. The van der Waals surface area contributed by atoms with Crippen LogP contribution in [-0.2, 0) is 9.47 Å². The Bertz CT molecular complexity index is 701. The van der Waals surface area contributed by atoms with Gasteiger partial charge in [0.15, 0.2) is 5.79 Å². The highest BCUT2D eigenvalue weighted by Gasteiger charge is 2.69. The van der Waals surface area contributed by atoms with Gasteiger partial charge in [0.25, 0.3) is 0 Å². The smallest absolute Gasteiger partial charge is 0.171 e. The molecule has 4 heteroatoms. The van der Waals surface area contributed by atoms with E-state index in [2.05, 4.69) is 20.8 Å². The highest BCUT2D eigenvalue weighted by atomic mass is 16.7. The van der Waals surface area contributed by atoms with Gasteiger partial charge in [-0.3, -0.25) is 0 Å². The van der Waals surface area contributed by atoms with Crippen LogP contribution in [0.3, 0.4) is 0 Å². The molecule has 6 aliphatic rings. The van der Waals surface area contributed by atoms with Crippen LogP contribution in [-0.4, -0.2) is 41.4 Å². The third kappa shape index (κ3) is 2.87. The van der Waals surface area contributed by atoms with Crippen molar-refractivity contribution in [2.45, 2.75) is 103 Å². The summed E-state index contributed by atoms with van der Waals surface area (Å²) in [6.45, 7) is 8.48. The maximum Gasteiger partial charge on any atom is 0.171 e. The molecule has 4 saturated carbocycles. The Morgan fingerprint density at radius 1 is 0.903 bits per heavy atom. The number of fused-ring (bicyclic) bond motifs is 7. The second-order valence-corrected chi connectivity index (χ2v) is 13.0. The van der Waals surface area contributed by atoms with Crippen LogP contribution < -0.4 is 0 Å². The molecule has 0 radical (unpaired) electrons. The average molecular weight is 433 g/mol. The zero-order valence-electron chi connectivity index (χ0n) is 19.9. The lowest BCUT2D eigenvalue weighted by atomic mass is 9.44. The van der Waals surface area contributed by atoms with Crippen molar-refractivity contribution in [3.05, 3.63) is 0 Å². The second kappa shape index (κ2) is 7.17. The first kappa shape index (κ1) is 21.4. The van der Waals surface area contributed by atoms with Gasteiger partial charge in [-0.2, -0.15) is 0 Å². The highest BCUT2D eigenvalue weighted by Crippen LogP contribution is 2.71. The van der Waals surface area contributed by atoms with Crippen LogP contribution in [0.25, 0.3) is 0 Å². The fourth-order valence-electron chi connectivity index (χ4n) is 10.3. The van der Waals surface area contributed by atoms with Gasteiger partial charge in [0.1, 0.15) is 0 Å². The largest absolute Gasteiger partial charge is 0.396 e. The first-order valence-electron chi connectivity index (χ1n) is 13.4. The minimum atomic E-state index is -0.394. The molecular weight excluding hydrogens is 388 g/mol. The predicted molar refractivity (Wildman–Crippen MR) is 119 cm³/mol. The van der Waals surface area contributed by atoms with E-state index in [4.69, 9.17) is 9.47 Å². The molecule has 0 aromatic carbocycles. The summed E-state index contributed by atoms with van der Waals surface area (Å²) in [6.07, 6.45) is 12.2. The summed E-state index contributed by atoms with van der Waals surface area (Å²) >= 11 is 0. The monoisotopic (exact) mass is 432 g/mol. The quantitative estimate of drug-likeness (QED) is 0.627. The van der Waals surface area contributed by atoms with Crippen LogP contribution in [0.1, 0.15) is 85.0 Å². The predicted octanol–water partition coefficient (Wildman–Crippen LogP) is 4.77. The zero-order valence-corrected chi connectivity index (χ0v) is 19.9. The topological polar surface area (TPSA) is 58.9 Å². The second-order valence-electron chi connectivity index (χ2n) is 13.0. The Morgan fingerprint density at radius 2 is 1.71 bits per heavy atom. The fourth-order valence-corrected chi connectivity index (χ4v) is 10.3. The minimum absolute atomic E-state index is 0.0549. The highest BCUT2D eigenvalue weighted by molar-refractivity contribution is 5.15. The molecule has 0 amide bonds. The van der Waals surface area contributed by atoms with Gasteiger partial charge in [-0.1, -0.05) is 20.8 Å². The molecule has 6 rings (SSSR count).